The minimum Gasteiger partial charge on any atom is -0.368 e. The molecule has 0 saturated carbocycles. The van der Waals surface area contributed by atoms with E-state index in [0.29, 0.717) is 11.3 Å². The Balaban J connectivity index is 1.64. The maximum Gasteiger partial charge on any atom is 0.261 e. The molecule has 0 aliphatic carbocycles. The fourth-order valence-corrected chi connectivity index (χ4v) is 5.56. The predicted molar refractivity (Wildman–Crippen MR) is 133 cm³/mol. The normalized spacial score (nSPS) is 17.5. The Morgan fingerprint density at radius 2 is 1.61 bits per heavy atom. The average Bonchev–Trinajstić information content (AvgIpc) is 3.13. The van der Waals surface area contributed by atoms with Crippen LogP contribution < -0.4 is 14.9 Å². The summed E-state index contributed by atoms with van der Waals surface area (Å²) in [4.78, 5) is 17.9. The molecule has 7 nitrogen and oxygen atoms in total. The molecular weight excluding hydrogens is 436 g/mol. The van der Waals surface area contributed by atoms with Crippen LogP contribution in [-0.4, -0.2) is 58.5 Å². The summed E-state index contributed by atoms with van der Waals surface area (Å²) in [6.45, 7) is 6.88. The zero-order valence-corrected chi connectivity index (χ0v) is 20.2. The van der Waals surface area contributed by atoms with Crippen molar-refractivity contribution in [1.82, 2.24) is 10.2 Å². The Kier molecular flexibility index (Phi) is 7.55. The van der Waals surface area contributed by atoms with Crippen molar-refractivity contribution in [3.8, 4) is 0 Å². The van der Waals surface area contributed by atoms with E-state index < -0.39 is 10.0 Å². The third-order valence-electron chi connectivity index (χ3n) is 6.47. The van der Waals surface area contributed by atoms with E-state index in [1.807, 2.05) is 30.0 Å². The second-order valence-electron chi connectivity index (χ2n) is 8.78. The molecule has 2 heterocycles. The van der Waals surface area contributed by atoms with E-state index in [2.05, 4.69) is 14.9 Å². The molecule has 0 aromatic heterocycles. The zero-order valence-electron chi connectivity index (χ0n) is 19.3. The van der Waals surface area contributed by atoms with Crippen LogP contribution >= 0.6 is 0 Å². The highest BCUT2D eigenvalue weighted by molar-refractivity contribution is 7.92. The number of piperazine rings is 1. The molecule has 2 aromatic carbocycles. The molecule has 4 rings (SSSR count). The highest BCUT2D eigenvalue weighted by Crippen LogP contribution is 2.28. The Hall–Kier alpha value is -2.58. The van der Waals surface area contributed by atoms with Crippen LogP contribution in [0.4, 0.5) is 11.4 Å². The molecule has 2 aromatic rings. The molecule has 2 saturated heterocycles. The number of nitrogens with zero attached hydrogens (tertiary/aromatic N) is 2. The number of anilines is 2. The van der Waals surface area contributed by atoms with E-state index in [-0.39, 0.29) is 10.8 Å². The number of benzene rings is 2. The van der Waals surface area contributed by atoms with E-state index in [0.717, 1.165) is 82.6 Å². The highest BCUT2D eigenvalue weighted by atomic mass is 32.2. The number of nitrogens with one attached hydrogen (secondary N) is 2. The first-order chi connectivity index (χ1) is 16.0. The van der Waals surface area contributed by atoms with Crippen LogP contribution in [0.25, 0.3) is 0 Å². The minimum atomic E-state index is -3.75. The molecule has 178 valence electrons. The van der Waals surface area contributed by atoms with E-state index in [1.165, 1.54) is 0 Å². The van der Waals surface area contributed by atoms with Gasteiger partial charge in [0.1, 0.15) is 0 Å². The van der Waals surface area contributed by atoms with Crippen LogP contribution in [0.15, 0.2) is 47.4 Å². The van der Waals surface area contributed by atoms with Gasteiger partial charge >= 0.3 is 0 Å². The zero-order chi connectivity index (χ0) is 23.3. The number of aryl methyl sites for hydroxylation is 1. The van der Waals surface area contributed by atoms with Gasteiger partial charge in [0.25, 0.3) is 15.9 Å². The highest BCUT2D eigenvalue weighted by Gasteiger charge is 2.25. The van der Waals surface area contributed by atoms with Crippen molar-refractivity contribution in [2.75, 3.05) is 48.9 Å². The SMILES string of the molecule is CCc1ccc(S(=O)(=O)Nc2ccc(N3CCNCC3)c(C(=O)N3CCCCCC3)c2)cc1. The summed E-state index contributed by atoms with van der Waals surface area (Å²) >= 11 is 0. The van der Waals surface area contributed by atoms with Crippen molar-refractivity contribution in [2.24, 2.45) is 0 Å². The first kappa shape index (κ1) is 23.6. The third-order valence-corrected chi connectivity index (χ3v) is 7.87. The number of hydrogen-bond donors (Lipinski definition) is 2. The summed E-state index contributed by atoms with van der Waals surface area (Å²) in [5, 5.41) is 3.34. The van der Waals surface area contributed by atoms with Gasteiger partial charge in [-0.1, -0.05) is 31.9 Å². The van der Waals surface area contributed by atoms with Crippen molar-refractivity contribution in [1.29, 1.82) is 0 Å². The van der Waals surface area contributed by atoms with Crippen LogP contribution in [0, 0.1) is 0 Å². The molecular formula is C25H34N4O3S. The van der Waals surface area contributed by atoms with Crippen LogP contribution in [0.2, 0.25) is 0 Å². The summed E-state index contributed by atoms with van der Waals surface area (Å²) in [7, 11) is -3.75. The van der Waals surface area contributed by atoms with Gasteiger partial charge in [-0.2, -0.15) is 0 Å². The largest absolute Gasteiger partial charge is 0.368 e. The van der Waals surface area contributed by atoms with Gasteiger partial charge in [0.05, 0.1) is 10.5 Å². The fraction of sp³-hybridized carbons (Fsp3) is 0.480. The lowest BCUT2D eigenvalue weighted by atomic mass is 10.1. The number of carbonyl (C=O) groups is 1. The quantitative estimate of drug-likeness (QED) is 0.676. The Morgan fingerprint density at radius 1 is 0.939 bits per heavy atom. The van der Waals surface area contributed by atoms with Gasteiger partial charge in [-0.05, 0) is 55.2 Å². The van der Waals surface area contributed by atoms with E-state index >= 15 is 0 Å². The van der Waals surface area contributed by atoms with Gasteiger partial charge in [-0.25, -0.2) is 8.42 Å². The summed E-state index contributed by atoms with van der Waals surface area (Å²) < 4.78 is 28.7. The first-order valence-corrected chi connectivity index (χ1v) is 13.5. The second-order valence-corrected chi connectivity index (χ2v) is 10.5. The molecule has 0 radical (unpaired) electrons. The Labute approximate surface area is 197 Å². The van der Waals surface area contributed by atoms with Gasteiger partial charge in [0.2, 0.25) is 0 Å². The fourth-order valence-electron chi connectivity index (χ4n) is 4.51. The maximum absolute atomic E-state index is 13.6. The lowest BCUT2D eigenvalue weighted by molar-refractivity contribution is 0.0762. The number of amides is 1. The van der Waals surface area contributed by atoms with Gasteiger partial charge < -0.3 is 15.1 Å². The number of likely N-dealkylation sites (tertiary alicyclic amines) is 1. The van der Waals surface area contributed by atoms with Crippen molar-refractivity contribution >= 4 is 27.3 Å². The van der Waals surface area contributed by atoms with Gasteiger partial charge in [-0.15, -0.1) is 0 Å². The summed E-state index contributed by atoms with van der Waals surface area (Å²) in [5.74, 6) is -0.0150. The molecule has 2 N–H and O–H groups in total. The minimum absolute atomic E-state index is 0.0150. The second kappa shape index (κ2) is 10.6. The Bertz CT molecular complexity index is 1060. The molecule has 2 aliphatic heterocycles. The van der Waals surface area contributed by atoms with Crippen LogP contribution in [-0.2, 0) is 16.4 Å². The molecule has 8 heteroatoms. The van der Waals surface area contributed by atoms with Crippen molar-refractivity contribution < 1.29 is 13.2 Å². The molecule has 0 atom stereocenters. The monoisotopic (exact) mass is 470 g/mol. The maximum atomic E-state index is 13.6. The summed E-state index contributed by atoms with van der Waals surface area (Å²) in [6, 6.07) is 12.3. The molecule has 2 aliphatic rings. The van der Waals surface area contributed by atoms with E-state index in [9.17, 15) is 13.2 Å². The van der Waals surface area contributed by atoms with Crippen LogP contribution in [0.3, 0.4) is 0 Å². The first-order valence-electron chi connectivity index (χ1n) is 12.0. The van der Waals surface area contributed by atoms with Crippen molar-refractivity contribution in [2.45, 2.75) is 43.9 Å². The topological polar surface area (TPSA) is 81.8 Å². The number of rotatable bonds is 6. The van der Waals surface area contributed by atoms with Crippen LogP contribution in [0.1, 0.15) is 48.5 Å². The number of sulfonamides is 1. The molecule has 0 unspecified atom stereocenters. The smallest absolute Gasteiger partial charge is 0.261 e. The summed E-state index contributed by atoms with van der Waals surface area (Å²) in [6.07, 6.45) is 5.16. The summed E-state index contributed by atoms with van der Waals surface area (Å²) in [5.41, 5.74) is 2.94. The molecule has 33 heavy (non-hydrogen) atoms. The lowest BCUT2D eigenvalue weighted by Gasteiger charge is -2.32. The van der Waals surface area contributed by atoms with Crippen molar-refractivity contribution in [3.63, 3.8) is 0 Å². The molecule has 2 fully saturated rings. The Morgan fingerprint density at radius 3 is 2.24 bits per heavy atom. The molecule has 1 amide bonds. The number of hydrogen-bond acceptors (Lipinski definition) is 5. The third kappa shape index (κ3) is 5.68. The average molecular weight is 471 g/mol. The van der Waals surface area contributed by atoms with E-state index in [4.69, 9.17) is 0 Å². The lowest BCUT2D eigenvalue weighted by Crippen LogP contribution is -2.44. The van der Waals surface area contributed by atoms with Gasteiger partial charge in [0.15, 0.2) is 0 Å². The number of carbonyl (C=O) groups excluding carboxylic acids is 1. The van der Waals surface area contributed by atoms with Crippen LogP contribution in [0.5, 0.6) is 0 Å². The van der Waals surface area contributed by atoms with Gasteiger partial charge in [-0.3, -0.25) is 9.52 Å². The standard InChI is InChI=1S/C25H34N4O3S/c1-2-20-7-10-22(11-8-20)33(31,32)27-21-9-12-24(28-17-13-26-14-18-28)23(19-21)25(30)29-15-5-3-4-6-16-29/h7-12,19,26-27H,2-6,13-18H2,1H3. The van der Waals surface area contributed by atoms with Crippen molar-refractivity contribution in [3.05, 3.63) is 53.6 Å². The molecule has 0 spiro atoms. The molecule has 0 bridgehead atoms. The predicted octanol–water partition coefficient (Wildman–Crippen LogP) is 3.48. The van der Waals surface area contributed by atoms with Gasteiger partial charge in [0, 0.05) is 50.6 Å². The van der Waals surface area contributed by atoms with E-state index in [1.54, 1.807) is 24.3 Å².